The van der Waals surface area contributed by atoms with Crippen LogP contribution in [0.3, 0.4) is 0 Å². The summed E-state index contributed by atoms with van der Waals surface area (Å²) < 4.78 is 19.3. The third-order valence-corrected chi connectivity index (χ3v) is 4.57. The molecule has 24 heavy (non-hydrogen) atoms. The average molecular weight is 348 g/mol. The second-order valence-corrected chi connectivity index (χ2v) is 6.36. The highest BCUT2D eigenvalue weighted by atomic mass is 35.5. The quantitative estimate of drug-likeness (QED) is 0.806. The predicted octanol–water partition coefficient (Wildman–Crippen LogP) is 4.39. The molecule has 1 fully saturated rings. The number of benzene rings is 2. The fraction of sp³-hybridized carbons (Fsp3) is 0.316. The summed E-state index contributed by atoms with van der Waals surface area (Å²) in [5.41, 5.74) is 1.84. The first-order valence-corrected chi connectivity index (χ1v) is 8.35. The zero-order valence-corrected chi connectivity index (χ0v) is 14.2. The molecule has 5 heteroatoms. The third-order valence-electron chi connectivity index (χ3n) is 4.22. The lowest BCUT2D eigenvalue weighted by molar-refractivity contribution is 0.0473. The van der Waals surface area contributed by atoms with Crippen LogP contribution in [-0.2, 0) is 4.74 Å². The molecule has 2 aromatic rings. The maximum atomic E-state index is 13.4. The lowest BCUT2D eigenvalue weighted by Crippen LogP contribution is -2.34. The van der Waals surface area contributed by atoms with Gasteiger partial charge < -0.3 is 9.64 Å². The standard InChI is InChI=1S/C19H19ClFNO2/c1-13-11-14(7-8-17(13)21)19(23)22-9-4-10-24-18(12-22)15-5-2-3-6-16(15)20/h2-3,5-8,11,18H,4,9-10,12H2,1H3. The Hall–Kier alpha value is -1.91. The van der Waals surface area contributed by atoms with E-state index in [0.29, 0.717) is 35.8 Å². The van der Waals surface area contributed by atoms with Gasteiger partial charge in [-0.3, -0.25) is 4.79 Å². The molecule has 1 aliphatic rings. The minimum absolute atomic E-state index is 0.111. The second-order valence-electron chi connectivity index (χ2n) is 5.95. The van der Waals surface area contributed by atoms with Crippen molar-refractivity contribution in [2.75, 3.05) is 19.7 Å². The normalized spacial score (nSPS) is 18.3. The van der Waals surface area contributed by atoms with Gasteiger partial charge in [0.15, 0.2) is 0 Å². The van der Waals surface area contributed by atoms with Crippen LogP contribution < -0.4 is 0 Å². The Morgan fingerprint density at radius 3 is 2.83 bits per heavy atom. The molecule has 0 aromatic heterocycles. The van der Waals surface area contributed by atoms with Crippen molar-refractivity contribution in [1.29, 1.82) is 0 Å². The van der Waals surface area contributed by atoms with E-state index in [1.165, 1.54) is 12.1 Å². The lowest BCUT2D eigenvalue weighted by Gasteiger charge is -2.25. The third kappa shape index (κ3) is 3.60. The van der Waals surface area contributed by atoms with Crippen molar-refractivity contribution in [3.63, 3.8) is 0 Å². The molecule has 126 valence electrons. The van der Waals surface area contributed by atoms with Crippen molar-refractivity contribution >= 4 is 17.5 Å². The minimum Gasteiger partial charge on any atom is -0.372 e. The molecule has 0 spiro atoms. The van der Waals surface area contributed by atoms with Gasteiger partial charge in [-0.05, 0) is 43.2 Å². The van der Waals surface area contributed by atoms with Crippen molar-refractivity contribution < 1.29 is 13.9 Å². The summed E-state index contributed by atoms with van der Waals surface area (Å²) in [4.78, 5) is 14.6. The summed E-state index contributed by atoms with van der Waals surface area (Å²) in [6, 6.07) is 12.0. The van der Waals surface area contributed by atoms with Gasteiger partial charge >= 0.3 is 0 Å². The van der Waals surface area contributed by atoms with E-state index in [2.05, 4.69) is 0 Å². The van der Waals surface area contributed by atoms with Crippen LogP contribution in [0.15, 0.2) is 42.5 Å². The van der Waals surface area contributed by atoms with E-state index in [1.807, 2.05) is 24.3 Å². The first-order valence-electron chi connectivity index (χ1n) is 7.97. The minimum atomic E-state index is -0.306. The van der Waals surface area contributed by atoms with E-state index in [-0.39, 0.29) is 17.8 Å². The number of hydrogen-bond acceptors (Lipinski definition) is 2. The first kappa shape index (κ1) is 16.9. The molecule has 0 bridgehead atoms. The van der Waals surface area contributed by atoms with Crippen LogP contribution in [0.4, 0.5) is 4.39 Å². The summed E-state index contributed by atoms with van der Waals surface area (Å²) in [6.45, 7) is 3.27. The average Bonchev–Trinajstić information content (AvgIpc) is 2.83. The smallest absolute Gasteiger partial charge is 0.253 e. The monoisotopic (exact) mass is 347 g/mol. The second kappa shape index (κ2) is 7.32. The lowest BCUT2D eigenvalue weighted by atomic mass is 10.1. The van der Waals surface area contributed by atoms with Crippen molar-refractivity contribution in [3.05, 3.63) is 70.0 Å². The number of halogens is 2. The van der Waals surface area contributed by atoms with Crippen LogP contribution in [0.1, 0.15) is 34.0 Å². The van der Waals surface area contributed by atoms with Gasteiger partial charge in [0.2, 0.25) is 0 Å². The maximum Gasteiger partial charge on any atom is 0.253 e. The molecule has 1 aliphatic heterocycles. The molecule has 2 aromatic carbocycles. The molecule has 3 rings (SSSR count). The van der Waals surface area contributed by atoms with Crippen molar-refractivity contribution in [2.24, 2.45) is 0 Å². The van der Waals surface area contributed by atoms with E-state index in [9.17, 15) is 9.18 Å². The predicted molar refractivity (Wildman–Crippen MR) is 91.8 cm³/mol. The molecule has 1 unspecified atom stereocenters. The first-order chi connectivity index (χ1) is 11.6. The number of aryl methyl sites for hydroxylation is 1. The Morgan fingerprint density at radius 1 is 1.29 bits per heavy atom. The Morgan fingerprint density at radius 2 is 2.08 bits per heavy atom. The maximum absolute atomic E-state index is 13.4. The van der Waals surface area contributed by atoms with E-state index in [4.69, 9.17) is 16.3 Å². The number of carbonyl (C=O) groups excluding carboxylic acids is 1. The van der Waals surface area contributed by atoms with E-state index in [1.54, 1.807) is 17.9 Å². The fourth-order valence-electron chi connectivity index (χ4n) is 2.89. The zero-order chi connectivity index (χ0) is 17.1. The van der Waals surface area contributed by atoms with Crippen LogP contribution in [0.5, 0.6) is 0 Å². The molecular weight excluding hydrogens is 329 g/mol. The van der Waals surface area contributed by atoms with Crippen LogP contribution in [-0.4, -0.2) is 30.5 Å². The molecular formula is C19H19ClFNO2. The van der Waals surface area contributed by atoms with Gasteiger partial charge in [0, 0.05) is 29.3 Å². The number of amides is 1. The van der Waals surface area contributed by atoms with Crippen LogP contribution >= 0.6 is 11.6 Å². The van der Waals surface area contributed by atoms with Gasteiger partial charge in [0.25, 0.3) is 5.91 Å². The topological polar surface area (TPSA) is 29.5 Å². The summed E-state index contributed by atoms with van der Waals surface area (Å²) in [6.07, 6.45) is 0.499. The van der Waals surface area contributed by atoms with Crippen LogP contribution in [0.25, 0.3) is 0 Å². The Balaban J connectivity index is 1.83. The van der Waals surface area contributed by atoms with Gasteiger partial charge in [-0.1, -0.05) is 29.8 Å². The number of carbonyl (C=O) groups is 1. The SMILES string of the molecule is Cc1cc(C(=O)N2CCCOC(c3ccccc3Cl)C2)ccc1F. The van der Waals surface area contributed by atoms with Crippen LogP contribution in [0.2, 0.25) is 5.02 Å². The Kier molecular flexibility index (Phi) is 5.17. The van der Waals surface area contributed by atoms with E-state index < -0.39 is 0 Å². The number of rotatable bonds is 2. The van der Waals surface area contributed by atoms with Gasteiger partial charge in [-0.25, -0.2) is 4.39 Å². The molecule has 0 saturated carbocycles. The zero-order valence-electron chi connectivity index (χ0n) is 13.5. The molecule has 1 heterocycles. The van der Waals surface area contributed by atoms with Crippen molar-refractivity contribution in [1.82, 2.24) is 4.90 Å². The van der Waals surface area contributed by atoms with Gasteiger partial charge in [-0.2, -0.15) is 0 Å². The fourth-order valence-corrected chi connectivity index (χ4v) is 3.15. The van der Waals surface area contributed by atoms with Gasteiger partial charge in [-0.15, -0.1) is 0 Å². The highest BCUT2D eigenvalue weighted by molar-refractivity contribution is 6.31. The van der Waals surface area contributed by atoms with Crippen molar-refractivity contribution in [2.45, 2.75) is 19.4 Å². The van der Waals surface area contributed by atoms with E-state index in [0.717, 1.165) is 12.0 Å². The molecule has 0 aliphatic carbocycles. The number of hydrogen-bond donors (Lipinski definition) is 0. The van der Waals surface area contributed by atoms with Crippen molar-refractivity contribution in [3.8, 4) is 0 Å². The number of ether oxygens (including phenoxy) is 1. The molecule has 1 saturated heterocycles. The van der Waals surface area contributed by atoms with Crippen LogP contribution in [0, 0.1) is 12.7 Å². The molecule has 1 amide bonds. The molecule has 0 radical (unpaired) electrons. The molecule has 0 N–H and O–H groups in total. The van der Waals surface area contributed by atoms with Gasteiger partial charge in [0.1, 0.15) is 11.9 Å². The van der Waals surface area contributed by atoms with E-state index >= 15 is 0 Å². The highest BCUT2D eigenvalue weighted by Gasteiger charge is 2.26. The molecule has 1 atom stereocenters. The summed E-state index contributed by atoms with van der Waals surface area (Å²) in [5.74, 6) is -0.416. The summed E-state index contributed by atoms with van der Waals surface area (Å²) in [7, 11) is 0. The highest BCUT2D eigenvalue weighted by Crippen LogP contribution is 2.28. The van der Waals surface area contributed by atoms with Gasteiger partial charge in [0.05, 0.1) is 6.54 Å². The molecule has 3 nitrogen and oxygen atoms in total. The Bertz CT molecular complexity index is 750. The largest absolute Gasteiger partial charge is 0.372 e. The number of nitrogens with zero attached hydrogens (tertiary/aromatic N) is 1. The summed E-state index contributed by atoms with van der Waals surface area (Å²) in [5, 5.41) is 0.634. The Labute approximate surface area is 146 Å². The summed E-state index contributed by atoms with van der Waals surface area (Å²) >= 11 is 6.27.